The summed E-state index contributed by atoms with van der Waals surface area (Å²) < 4.78 is 2.43. The summed E-state index contributed by atoms with van der Waals surface area (Å²) >= 11 is 0. The van der Waals surface area contributed by atoms with Crippen LogP contribution in [-0.4, -0.2) is 4.57 Å². The van der Waals surface area contributed by atoms with Crippen LogP contribution in [0.5, 0.6) is 0 Å². The highest BCUT2D eigenvalue weighted by molar-refractivity contribution is 6.16. The molecule has 0 aliphatic rings. The van der Waals surface area contributed by atoms with E-state index in [4.69, 9.17) is 0 Å². The molecule has 1 aromatic heterocycles. The largest absolute Gasteiger partial charge is 0.310 e. The van der Waals surface area contributed by atoms with Gasteiger partial charge in [-0.2, -0.15) is 0 Å². The highest BCUT2D eigenvalue weighted by Crippen LogP contribution is 2.43. The molecule has 0 unspecified atom stereocenters. The number of benzene rings is 10. The van der Waals surface area contributed by atoms with Gasteiger partial charge in [-0.05, 0) is 122 Å². The van der Waals surface area contributed by atoms with E-state index in [2.05, 4.69) is 252 Å². The maximum atomic E-state index is 2.43. The van der Waals surface area contributed by atoms with Gasteiger partial charge in [0.05, 0.1) is 11.0 Å². The Morgan fingerprint density at radius 1 is 0.283 bits per heavy atom. The number of anilines is 3. The fourth-order valence-corrected chi connectivity index (χ4v) is 8.84. The molecule has 282 valence electrons. The minimum absolute atomic E-state index is 1.08. The molecular formula is C58H40N2. The van der Waals surface area contributed by atoms with Gasteiger partial charge in [0.15, 0.2) is 0 Å². The van der Waals surface area contributed by atoms with E-state index in [0.717, 1.165) is 28.3 Å². The molecule has 60 heavy (non-hydrogen) atoms. The van der Waals surface area contributed by atoms with Crippen LogP contribution in [0, 0.1) is 0 Å². The van der Waals surface area contributed by atoms with Gasteiger partial charge in [0.1, 0.15) is 0 Å². The highest BCUT2D eigenvalue weighted by Gasteiger charge is 2.20. The molecule has 0 N–H and O–H groups in total. The van der Waals surface area contributed by atoms with Gasteiger partial charge in [0.2, 0.25) is 0 Å². The van der Waals surface area contributed by atoms with E-state index in [1.807, 2.05) is 0 Å². The van der Waals surface area contributed by atoms with Gasteiger partial charge >= 0.3 is 0 Å². The zero-order chi connectivity index (χ0) is 39.8. The third kappa shape index (κ3) is 6.41. The maximum absolute atomic E-state index is 2.43. The lowest BCUT2D eigenvalue weighted by molar-refractivity contribution is 1.18. The molecular weight excluding hydrogens is 725 g/mol. The number of hydrogen-bond acceptors (Lipinski definition) is 1. The van der Waals surface area contributed by atoms with E-state index in [9.17, 15) is 0 Å². The summed E-state index contributed by atoms with van der Waals surface area (Å²) in [4.78, 5) is 2.38. The van der Waals surface area contributed by atoms with Crippen LogP contribution in [0.3, 0.4) is 0 Å². The molecule has 2 nitrogen and oxygen atoms in total. The number of rotatable bonds is 8. The normalized spacial score (nSPS) is 11.3. The minimum atomic E-state index is 1.08. The zero-order valence-corrected chi connectivity index (χ0v) is 33.0. The van der Waals surface area contributed by atoms with Crippen molar-refractivity contribution in [1.82, 2.24) is 4.57 Å². The SMILES string of the molecule is c1ccc(-c2ccc(N(c3ccc(-c4ccc5ccccc5c4)cc3)c3ccc4c5c(-c6cccc(-c7ccccc7)c6)cccc5n(-c5ccccc5)c4c3)cc2)cc1. The monoisotopic (exact) mass is 764 g/mol. The molecule has 0 spiro atoms. The van der Waals surface area contributed by atoms with Crippen molar-refractivity contribution in [3.05, 3.63) is 243 Å². The third-order valence-electron chi connectivity index (χ3n) is 11.8. The van der Waals surface area contributed by atoms with Crippen LogP contribution in [0.2, 0.25) is 0 Å². The Balaban J connectivity index is 1.09. The van der Waals surface area contributed by atoms with Crippen molar-refractivity contribution < 1.29 is 0 Å². The Kier molecular flexibility index (Phi) is 8.87. The molecule has 0 aliphatic heterocycles. The molecule has 11 rings (SSSR count). The lowest BCUT2D eigenvalue weighted by Crippen LogP contribution is -2.10. The Labute approximate surface area is 350 Å². The summed E-state index contributed by atoms with van der Waals surface area (Å²) in [6.45, 7) is 0. The van der Waals surface area contributed by atoms with Crippen molar-refractivity contribution in [2.24, 2.45) is 0 Å². The smallest absolute Gasteiger partial charge is 0.0562 e. The van der Waals surface area contributed by atoms with E-state index in [0.29, 0.717) is 0 Å². The van der Waals surface area contributed by atoms with Crippen molar-refractivity contribution in [1.29, 1.82) is 0 Å². The first-order chi connectivity index (χ1) is 29.7. The van der Waals surface area contributed by atoms with Crippen LogP contribution in [0.15, 0.2) is 243 Å². The van der Waals surface area contributed by atoms with Gasteiger partial charge in [0, 0.05) is 33.5 Å². The number of hydrogen-bond donors (Lipinski definition) is 0. The quantitative estimate of drug-likeness (QED) is 0.150. The first-order valence-corrected chi connectivity index (χ1v) is 20.6. The standard InChI is InChI=1S/C58H40N2/c1-4-14-41(15-5-1)44-28-32-51(33-29-44)59(52-34-30-45(31-35-52)48-27-26-43-18-10-11-19-46(43)38-48)53-36-37-55-57(40-53)60(50-22-8-3-9-23-50)56-25-13-24-54(58(55)56)49-21-12-20-47(39-49)42-16-6-2-7-17-42/h1-40H. The van der Waals surface area contributed by atoms with Gasteiger partial charge in [-0.1, -0.05) is 176 Å². The molecule has 0 saturated carbocycles. The van der Waals surface area contributed by atoms with Gasteiger partial charge < -0.3 is 9.47 Å². The van der Waals surface area contributed by atoms with E-state index in [1.54, 1.807) is 0 Å². The average molecular weight is 765 g/mol. The number of nitrogens with zero attached hydrogens (tertiary/aromatic N) is 2. The molecule has 11 aromatic rings. The maximum Gasteiger partial charge on any atom is 0.0562 e. The zero-order valence-electron chi connectivity index (χ0n) is 33.0. The molecule has 0 atom stereocenters. The predicted octanol–water partition coefficient (Wildman–Crippen LogP) is 16.1. The minimum Gasteiger partial charge on any atom is -0.310 e. The summed E-state index contributed by atoms with van der Waals surface area (Å²) in [5, 5.41) is 4.95. The van der Waals surface area contributed by atoms with E-state index in [1.165, 1.54) is 71.6 Å². The van der Waals surface area contributed by atoms with Crippen molar-refractivity contribution >= 4 is 49.6 Å². The molecule has 0 fully saturated rings. The van der Waals surface area contributed by atoms with E-state index >= 15 is 0 Å². The average Bonchev–Trinajstić information content (AvgIpc) is 3.67. The summed E-state index contributed by atoms with van der Waals surface area (Å²) in [6.07, 6.45) is 0. The summed E-state index contributed by atoms with van der Waals surface area (Å²) in [5.41, 5.74) is 16.3. The highest BCUT2D eigenvalue weighted by atomic mass is 15.1. The van der Waals surface area contributed by atoms with Crippen molar-refractivity contribution in [2.45, 2.75) is 0 Å². The molecule has 0 saturated heterocycles. The van der Waals surface area contributed by atoms with Crippen LogP contribution >= 0.6 is 0 Å². The Bertz CT molecular complexity index is 3270. The van der Waals surface area contributed by atoms with E-state index < -0.39 is 0 Å². The van der Waals surface area contributed by atoms with Gasteiger partial charge in [-0.3, -0.25) is 0 Å². The second-order valence-electron chi connectivity index (χ2n) is 15.4. The van der Waals surface area contributed by atoms with Crippen LogP contribution in [0.25, 0.3) is 82.8 Å². The summed E-state index contributed by atoms with van der Waals surface area (Å²) in [5.74, 6) is 0. The fourth-order valence-electron chi connectivity index (χ4n) is 8.84. The summed E-state index contributed by atoms with van der Waals surface area (Å²) in [6, 6.07) is 87.9. The lowest BCUT2D eigenvalue weighted by Gasteiger charge is -2.26. The third-order valence-corrected chi connectivity index (χ3v) is 11.8. The number of fused-ring (bicyclic) bond motifs is 4. The second-order valence-corrected chi connectivity index (χ2v) is 15.4. The van der Waals surface area contributed by atoms with Crippen LogP contribution in [0.4, 0.5) is 17.1 Å². The Morgan fingerprint density at radius 2 is 0.783 bits per heavy atom. The van der Waals surface area contributed by atoms with Gasteiger partial charge in [-0.15, -0.1) is 0 Å². The van der Waals surface area contributed by atoms with Crippen LogP contribution < -0.4 is 4.90 Å². The first-order valence-electron chi connectivity index (χ1n) is 20.6. The molecule has 10 aromatic carbocycles. The number of aromatic nitrogens is 1. The van der Waals surface area contributed by atoms with Crippen molar-refractivity contribution in [3.63, 3.8) is 0 Å². The Hall–Kier alpha value is -7.94. The molecule has 2 heteroatoms. The fraction of sp³-hybridized carbons (Fsp3) is 0. The lowest BCUT2D eigenvalue weighted by atomic mass is 9.96. The van der Waals surface area contributed by atoms with Crippen molar-refractivity contribution in [3.8, 4) is 50.2 Å². The van der Waals surface area contributed by atoms with Crippen LogP contribution in [-0.2, 0) is 0 Å². The first kappa shape index (κ1) is 35.2. The molecule has 0 amide bonds. The topological polar surface area (TPSA) is 8.17 Å². The second kappa shape index (κ2) is 15.1. The van der Waals surface area contributed by atoms with Crippen LogP contribution in [0.1, 0.15) is 0 Å². The molecule has 1 heterocycles. The predicted molar refractivity (Wildman–Crippen MR) is 255 cm³/mol. The van der Waals surface area contributed by atoms with Gasteiger partial charge in [-0.25, -0.2) is 0 Å². The molecule has 0 aliphatic carbocycles. The summed E-state index contributed by atoms with van der Waals surface area (Å²) in [7, 11) is 0. The van der Waals surface area contributed by atoms with E-state index in [-0.39, 0.29) is 0 Å². The van der Waals surface area contributed by atoms with Gasteiger partial charge in [0.25, 0.3) is 0 Å². The number of para-hydroxylation sites is 1. The van der Waals surface area contributed by atoms with Crippen molar-refractivity contribution in [2.75, 3.05) is 4.90 Å². The molecule has 0 radical (unpaired) electrons. The molecule has 0 bridgehead atoms. The Morgan fingerprint density at radius 3 is 1.48 bits per heavy atom.